The van der Waals surface area contributed by atoms with Gasteiger partial charge in [-0.15, -0.1) is 0 Å². The minimum absolute atomic E-state index is 0.159. The van der Waals surface area contributed by atoms with E-state index < -0.39 is 26.6 Å². The maximum Gasteiger partial charge on any atom is 0.341 e. The molecular weight excluding hydrogens is 298 g/mol. The van der Waals surface area contributed by atoms with E-state index in [0.717, 1.165) is 4.31 Å². The second-order valence-electron chi connectivity index (χ2n) is 5.18. The molecular formula is C12H17N3O5S. The van der Waals surface area contributed by atoms with Crippen molar-refractivity contribution in [3.8, 4) is 0 Å². The molecule has 1 aromatic heterocycles. The molecule has 2 heterocycles. The molecule has 0 N–H and O–H groups in total. The Labute approximate surface area is 122 Å². The molecule has 9 heteroatoms. The summed E-state index contributed by atoms with van der Waals surface area (Å²) in [5, 5.41) is 3.92. The van der Waals surface area contributed by atoms with E-state index in [-0.39, 0.29) is 18.7 Å². The van der Waals surface area contributed by atoms with Gasteiger partial charge in [0.2, 0.25) is 0 Å². The highest BCUT2D eigenvalue weighted by Crippen LogP contribution is 2.36. The number of rotatable bonds is 4. The molecule has 0 bridgehead atoms. The molecule has 8 nitrogen and oxygen atoms in total. The molecule has 21 heavy (non-hydrogen) atoms. The van der Waals surface area contributed by atoms with Gasteiger partial charge in [-0.3, -0.25) is 9.48 Å². The second kappa shape index (κ2) is 4.83. The fourth-order valence-electron chi connectivity index (χ4n) is 2.08. The monoisotopic (exact) mass is 315 g/mol. The summed E-state index contributed by atoms with van der Waals surface area (Å²) in [6.45, 7) is 4.35. The van der Waals surface area contributed by atoms with Crippen LogP contribution in [0.4, 0.5) is 0 Å². The predicted molar refractivity (Wildman–Crippen MR) is 72.7 cm³/mol. The number of aryl methyl sites for hydroxylation is 1. The topological polar surface area (TPSA) is 98.6 Å². The SMILES string of the molecule is CCOC(=O)c1cnn(C)c1CN1C(=O)C(C)(C)S1(=O)=O. The summed E-state index contributed by atoms with van der Waals surface area (Å²) in [5.41, 5.74) is 0.480. The van der Waals surface area contributed by atoms with E-state index in [4.69, 9.17) is 4.74 Å². The second-order valence-corrected chi connectivity index (χ2v) is 7.59. The number of hydrogen-bond donors (Lipinski definition) is 0. The lowest BCUT2D eigenvalue weighted by atomic mass is 10.1. The Morgan fingerprint density at radius 3 is 2.57 bits per heavy atom. The number of aromatic nitrogens is 2. The first kappa shape index (κ1) is 15.5. The van der Waals surface area contributed by atoms with Gasteiger partial charge in [0.15, 0.2) is 4.75 Å². The highest BCUT2D eigenvalue weighted by atomic mass is 32.2. The number of carbonyl (C=O) groups is 2. The molecule has 1 aliphatic rings. The normalized spacial score (nSPS) is 19.2. The van der Waals surface area contributed by atoms with Crippen molar-refractivity contribution in [2.24, 2.45) is 7.05 Å². The van der Waals surface area contributed by atoms with Gasteiger partial charge in [-0.2, -0.15) is 5.10 Å². The number of esters is 1. The lowest BCUT2D eigenvalue weighted by Gasteiger charge is -2.42. The fourth-order valence-corrected chi connectivity index (χ4v) is 3.57. The first-order valence-corrected chi connectivity index (χ1v) is 7.83. The van der Waals surface area contributed by atoms with Gasteiger partial charge in [-0.05, 0) is 20.8 Å². The van der Waals surface area contributed by atoms with Crippen LogP contribution < -0.4 is 0 Å². The van der Waals surface area contributed by atoms with Gasteiger partial charge >= 0.3 is 5.97 Å². The summed E-state index contributed by atoms with van der Waals surface area (Å²) in [6.07, 6.45) is 1.30. The van der Waals surface area contributed by atoms with Crippen LogP contribution in [0.25, 0.3) is 0 Å². The third kappa shape index (κ3) is 2.11. The Bertz CT molecular complexity index is 704. The van der Waals surface area contributed by atoms with Crippen LogP contribution in [0.2, 0.25) is 0 Å². The summed E-state index contributed by atoms with van der Waals surface area (Å²) in [5.74, 6) is -1.09. The predicted octanol–water partition coefficient (Wildman–Crippen LogP) is 0.0474. The van der Waals surface area contributed by atoms with Crippen LogP contribution in [0.5, 0.6) is 0 Å². The molecule has 1 aliphatic heterocycles. The van der Waals surface area contributed by atoms with E-state index in [2.05, 4.69) is 5.10 Å². The summed E-state index contributed by atoms with van der Waals surface area (Å²) in [6, 6.07) is 0. The molecule has 0 aromatic carbocycles. The van der Waals surface area contributed by atoms with E-state index in [1.807, 2.05) is 0 Å². The van der Waals surface area contributed by atoms with Crippen LogP contribution in [-0.2, 0) is 33.1 Å². The summed E-state index contributed by atoms with van der Waals surface area (Å²) in [4.78, 5) is 23.8. The van der Waals surface area contributed by atoms with E-state index in [1.54, 1.807) is 14.0 Å². The van der Waals surface area contributed by atoms with Crippen LogP contribution in [-0.4, -0.2) is 45.7 Å². The number of carbonyl (C=O) groups excluding carboxylic acids is 2. The zero-order valence-electron chi connectivity index (χ0n) is 12.3. The Morgan fingerprint density at radius 2 is 2.05 bits per heavy atom. The number of ether oxygens (including phenoxy) is 1. The smallest absolute Gasteiger partial charge is 0.341 e. The Kier molecular flexibility index (Phi) is 3.56. The van der Waals surface area contributed by atoms with Crippen LogP contribution in [0.15, 0.2) is 6.20 Å². The van der Waals surface area contributed by atoms with Crippen molar-refractivity contribution in [2.75, 3.05) is 6.61 Å². The first-order valence-electron chi connectivity index (χ1n) is 6.39. The standard InChI is InChI=1S/C12H17N3O5S/c1-5-20-10(16)8-6-13-14(4)9(8)7-15-11(17)12(2,3)21(15,18)19/h6H,5,7H2,1-4H3. The number of nitrogens with zero attached hydrogens (tertiary/aromatic N) is 3. The molecule has 0 aliphatic carbocycles. The molecule has 116 valence electrons. The number of hydrogen-bond acceptors (Lipinski definition) is 6. The molecule has 1 aromatic rings. The van der Waals surface area contributed by atoms with Gasteiger partial charge < -0.3 is 4.74 Å². The first-order chi connectivity index (χ1) is 9.64. The van der Waals surface area contributed by atoms with Gasteiger partial charge in [0.05, 0.1) is 25.0 Å². The molecule has 0 atom stereocenters. The molecule has 0 saturated carbocycles. The third-order valence-corrected chi connectivity index (χ3v) is 5.87. The lowest BCUT2D eigenvalue weighted by molar-refractivity contribution is -0.132. The van der Waals surface area contributed by atoms with Crippen molar-refractivity contribution in [1.29, 1.82) is 0 Å². The number of amides is 1. The maximum absolute atomic E-state index is 12.1. The fraction of sp³-hybridized carbons (Fsp3) is 0.583. The van der Waals surface area contributed by atoms with Crippen LogP contribution in [0.3, 0.4) is 0 Å². The summed E-state index contributed by atoms with van der Waals surface area (Å²) < 4.78 is 29.8. The van der Waals surface area contributed by atoms with Crippen LogP contribution >= 0.6 is 0 Å². The molecule has 1 amide bonds. The third-order valence-electron chi connectivity index (χ3n) is 3.53. The lowest BCUT2D eigenvalue weighted by Crippen LogP contribution is -2.66. The van der Waals surface area contributed by atoms with Crippen molar-refractivity contribution >= 4 is 21.9 Å². The molecule has 0 radical (unpaired) electrons. The molecule has 2 rings (SSSR count). The van der Waals surface area contributed by atoms with E-state index in [1.165, 1.54) is 24.7 Å². The highest BCUT2D eigenvalue weighted by Gasteiger charge is 2.60. The zero-order valence-corrected chi connectivity index (χ0v) is 13.1. The van der Waals surface area contributed by atoms with E-state index in [9.17, 15) is 18.0 Å². The van der Waals surface area contributed by atoms with E-state index in [0.29, 0.717) is 5.69 Å². The Hall–Kier alpha value is -1.90. The largest absolute Gasteiger partial charge is 0.462 e. The average molecular weight is 315 g/mol. The molecule has 0 spiro atoms. The van der Waals surface area contributed by atoms with Gasteiger partial charge in [-0.25, -0.2) is 17.5 Å². The quantitative estimate of drug-likeness (QED) is 0.728. The minimum atomic E-state index is -3.71. The summed E-state index contributed by atoms with van der Waals surface area (Å²) >= 11 is 0. The van der Waals surface area contributed by atoms with Crippen LogP contribution in [0, 0.1) is 0 Å². The van der Waals surface area contributed by atoms with Crippen molar-refractivity contribution in [3.05, 3.63) is 17.5 Å². The van der Waals surface area contributed by atoms with Crippen molar-refractivity contribution in [1.82, 2.24) is 14.1 Å². The highest BCUT2D eigenvalue weighted by molar-refractivity contribution is 7.94. The van der Waals surface area contributed by atoms with Crippen molar-refractivity contribution in [2.45, 2.75) is 32.1 Å². The van der Waals surface area contributed by atoms with Gasteiger partial charge in [0.1, 0.15) is 5.56 Å². The zero-order chi connectivity index (χ0) is 16.0. The van der Waals surface area contributed by atoms with Gasteiger partial charge in [0.25, 0.3) is 15.9 Å². The summed E-state index contributed by atoms with van der Waals surface area (Å²) in [7, 11) is -2.14. The Morgan fingerprint density at radius 1 is 1.43 bits per heavy atom. The number of sulfonamides is 1. The van der Waals surface area contributed by atoms with Crippen molar-refractivity contribution in [3.63, 3.8) is 0 Å². The van der Waals surface area contributed by atoms with Crippen molar-refractivity contribution < 1.29 is 22.7 Å². The molecule has 1 saturated heterocycles. The minimum Gasteiger partial charge on any atom is -0.462 e. The van der Waals surface area contributed by atoms with E-state index >= 15 is 0 Å². The Balaban J connectivity index is 2.32. The maximum atomic E-state index is 12.1. The van der Waals surface area contributed by atoms with Gasteiger partial charge in [0, 0.05) is 7.05 Å². The average Bonchev–Trinajstić information content (AvgIpc) is 2.76. The molecule has 0 unspecified atom stereocenters. The van der Waals surface area contributed by atoms with Crippen LogP contribution in [0.1, 0.15) is 36.8 Å². The van der Waals surface area contributed by atoms with Gasteiger partial charge in [-0.1, -0.05) is 0 Å². The molecule has 1 fully saturated rings.